The molecule has 1 heterocycles. The van der Waals surface area contributed by atoms with E-state index in [1.54, 1.807) is 7.11 Å². The summed E-state index contributed by atoms with van der Waals surface area (Å²) in [5.41, 5.74) is 0. The van der Waals surface area contributed by atoms with Crippen molar-refractivity contribution >= 4 is 18.2 Å². The number of anilines is 1. The molecular weight excluding hydrogens is 212 g/mol. The highest BCUT2D eigenvalue weighted by Crippen LogP contribution is 2.12. The molecule has 1 unspecified atom stereocenters. The first-order valence-corrected chi connectivity index (χ1v) is 5.39. The number of nitrogens with one attached hydrogen (secondary N) is 1. The number of methoxy groups -OCH3 is 1. The molecule has 0 spiro atoms. The first-order valence-electron chi connectivity index (χ1n) is 4.98. The van der Waals surface area contributed by atoms with E-state index in [1.165, 1.54) is 0 Å². The fourth-order valence-corrected chi connectivity index (χ4v) is 1.70. The van der Waals surface area contributed by atoms with Crippen LogP contribution in [0.15, 0.2) is 0 Å². The van der Waals surface area contributed by atoms with Gasteiger partial charge >= 0.3 is 0 Å². The molecule has 0 radical (unpaired) electrons. The summed E-state index contributed by atoms with van der Waals surface area (Å²) in [6.07, 6.45) is 0. The molecule has 1 aromatic heterocycles. The first-order chi connectivity index (χ1) is 7.11. The van der Waals surface area contributed by atoms with Crippen molar-refractivity contribution in [2.45, 2.75) is 19.9 Å². The van der Waals surface area contributed by atoms with E-state index in [0.29, 0.717) is 11.4 Å². The van der Waals surface area contributed by atoms with Crippen molar-refractivity contribution in [2.75, 3.05) is 25.2 Å². The van der Waals surface area contributed by atoms with Gasteiger partial charge in [0.15, 0.2) is 4.77 Å². The van der Waals surface area contributed by atoms with Crippen LogP contribution in [0.1, 0.15) is 13.8 Å². The molecule has 0 aliphatic rings. The summed E-state index contributed by atoms with van der Waals surface area (Å²) < 4.78 is 7.64. The van der Waals surface area contributed by atoms with Crippen molar-refractivity contribution in [1.82, 2.24) is 14.8 Å². The zero-order valence-corrected chi connectivity index (χ0v) is 10.5. The lowest BCUT2D eigenvalue weighted by Gasteiger charge is -2.27. The summed E-state index contributed by atoms with van der Waals surface area (Å²) in [6.45, 7) is 5.74. The molecule has 6 heteroatoms. The second kappa shape index (κ2) is 5.27. The number of nitrogens with zero attached hydrogens (tertiary/aromatic N) is 3. The lowest BCUT2D eigenvalue weighted by Crippen LogP contribution is -2.37. The minimum Gasteiger partial charge on any atom is -0.383 e. The third kappa shape index (κ3) is 2.57. The maximum atomic E-state index is 5.14. The Labute approximate surface area is 95.0 Å². The van der Waals surface area contributed by atoms with Crippen molar-refractivity contribution in [2.24, 2.45) is 7.05 Å². The summed E-state index contributed by atoms with van der Waals surface area (Å²) in [5.74, 6) is 0.854. The van der Waals surface area contributed by atoms with Gasteiger partial charge in [-0.3, -0.25) is 4.57 Å². The van der Waals surface area contributed by atoms with Crippen molar-refractivity contribution in [3.8, 4) is 0 Å². The molecule has 1 N–H and O–H groups in total. The van der Waals surface area contributed by atoms with Gasteiger partial charge in [-0.15, -0.1) is 5.10 Å². The Kier molecular flexibility index (Phi) is 4.28. The van der Waals surface area contributed by atoms with Crippen LogP contribution in [-0.2, 0) is 11.8 Å². The fourth-order valence-electron chi connectivity index (χ4n) is 1.58. The summed E-state index contributed by atoms with van der Waals surface area (Å²) in [7, 11) is 3.61. The van der Waals surface area contributed by atoms with E-state index in [4.69, 9.17) is 17.0 Å². The molecule has 86 valence electrons. The number of hydrogen-bond donors (Lipinski definition) is 1. The molecule has 0 fully saturated rings. The summed E-state index contributed by atoms with van der Waals surface area (Å²) >= 11 is 5.08. The maximum Gasteiger partial charge on any atom is 0.225 e. The molecule has 1 rings (SSSR count). The summed E-state index contributed by atoms with van der Waals surface area (Å²) in [5, 5.41) is 6.99. The minimum atomic E-state index is 0.281. The summed E-state index contributed by atoms with van der Waals surface area (Å²) in [6, 6.07) is 0.281. The van der Waals surface area contributed by atoms with Crippen LogP contribution in [-0.4, -0.2) is 41.1 Å². The number of hydrogen-bond acceptors (Lipinski definition) is 4. The molecule has 5 nitrogen and oxygen atoms in total. The van der Waals surface area contributed by atoms with Gasteiger partial charge < -0.3 is 9.64 Å². The Morgan fingerprint density at radius 2 is 2.33 bits per heavy atom. The van der Waals surface area contributed by atoms with Crippen molar-refractivity contribution < 1.29 is 4.74 Å². The Balaban J connectivity index is 2.92. The first kappa shape index (κ1) is 12.2. The third-order valence-corrected chi connectivity index (χ3v) is 2.76. The lowest BCUT2D eigenvalue weighted by atomic mass is 10.3. The normalized spacial score (nSPS) is 12.8. The van der Waals surface area contributed by atoms with E-state index in [2.05, 4.69) is 28.9 Å². The topological polar surface area (TPSA) is 46.1 Å². The van der Waals surface area contributed by atoms with Crippen molar-refractivity contribution in [3.05, 3.63) is 4.77 Å². The fraction of sp³-hybridized carbons (Fsp3) is 0.778. The third-order valence-electron chi connectivity index (χ3n) is 2.39. The van der Waals surface area contributed by atoms with Crippen LogP contribution in [0.25, 0.3) is 0 Å². The van der Waals surface area contributed by atoms with Crippen LogP contribution >= 0.6 is 12.2 Å². The monoisotopic (exact) mass is 230 g/mol. The van der Waals surface area contributed by atoms with Gasteiger partial charge in [-0.25, -0.2) is 5.10 Å². The molecular formula is C9H18N4OS. The Morgan fingerprint density at radius 1 is 1.67 bits per heavy atom. The summed E-state index contributed by atoms with van der Waals surface area (Å²) in [4.78, 5) is 2.15. The Morgan fingerprint density at radius 3 is 2.73 bits per heavy atom. The number of aromatic amines is 1. The van der Waals surface area contributed by atoms with Gasteiger partial charge in [0.1, 0.15) is 0 Å². The van der Waals surface area contributed by atoms with E-state index in [9.17, 15) is 0 Å². The van der Waals surface area contributed by atoms with E-state index >= 15 is 0 Å². The van der Waals surface area contributed by atoms with Crippen LogP contribution in [0.4, 0.5) is 5.95 Å². The molecule has 0 saturated heterocycles. The number of aromatic nitrogens is 3. The van der Waals surface area contributed by atoms with Gasteiger partial charge in [-0.1, -0.05) is 0 Å². The van der Waals surface area contributed by atoms with Gasteiger partial charge in [0.25, 0.3) is 0 Å². The molecule has 0 aromatic carbocycles. The highest BCUT2D eigenvalue weighted by molar-refractivity contribution is 7.71. The highest BCUT2D eigenvalue weighted by Gasteiger charge is 2.17. The van der Waals surface area contributed by atoms with Gasteiger partial charge in [-0.05, 0) is 26.1 Å². The average molecular weight is 230 g/mol. The van der Waals surface area contributed by atoms with Gasteiger partial charge in [0, 0.05) is 20.7 Å². The second-order valence-electron chi connectivity index (χ2n) is 3.48. The minimum absolute atomic E-state index is 0.281. The largest absolute Gasteiger partial charge is 0.383 e. The molecule has 1 aromatic rings. The average Bonchev–Trinajstić information content (AvgIpc) is 2.51. The van der Waals surface area contributed by atoms with Crippen LogP contribution in [0.5, 0.6) is 0 Å². The maximum absolute atomic E-state index is 5.14. The zero-order valence-electron chi connectivity index (χ0n) is 9.65. The Hall–Kier alpha value is -0.880. The predicted molar refractivity (Wildman–Crippen MR) is 62.8 cm³/mol. The lowest BCUT2D eigenvalue weighted by molar-refractivity contribution is 0.181. The number of H-pyrrole nitrogens is 1. The quantitative estimate of drug-likeness (QED) is 0.775. The standard InChI is InChI=1S/C9H18N4OS/c1-5-13(7(2)6-14-4)8-10-11-9(15)12(8)3/h7H,5-6H2,1-4H3,(H,11,15). The van der Waals surface area contributed by atoms with Crippen LogP contribution in [0.3, 0.4) is 0 Å². The van der Waals surface area contributed by atoms with Crippen molar-refractivity contribution in [3.63, 3.8) is 0 Å². The van der Waals surface area contributed by atoms with Crippen molar-refractivity contribution in [1.29, 1.82) is 0 Å². The molecule has 1 atom stereocenters. The SMILES string of the molecule is CCN(c1n[nH]c(=S)n1C)C(C)COC. The molecule has 0 amide bonds. The molecule has 15 heavy (non-hydrogen) atoms. The number of rotatable bonds is 5. The highest BCUT2D eigenvalue weighted by atomic mass is 32.1. The van der Waals surface area contributed by atoms with E-state index in [1.807, 2.05) is 11.6 Å². The van der Waals surface area contributed by atoms with Gasteiger partial charge in [-0.2, -0.15) is 0 Å². The molecule has 0 aliphatic heterocycles. The second-order valence-corrected chi connectivity index (χ2v) is 3.86. The Bertz CT molecular complexity index is 359. The van der Waals surface area contributed by atoms with Crippen LogP contribution < -0.4 is 4.90 Å². The smallest absolute Gasteiger partial charge is 0.225 e. The van der Waals surface area contributed by atoms with Crippen LogP contribution in [0, 0.1) is 4.77 Å². The zero-order chi connectivity index (χ0) is 11.4. The molecule has 0 saturated carbocycles. The van der Waals surface area contributed by atoms with E-state index < -0.39 is 0 Å². The van der Waals surface area contributed by atoms with Crippen LogP contribution in [0.2, 0.25) is 0 Å². The molecule has 0 aliphatic carbocycles. The van der Waals surface area contributed by atoms with E-state index in [-0.39, 0.29) is 6.04 Å². The predicted octanol–water partition coefficient (Wildman–Crippen LogP) is 1.34. The number of ether oxygens (including phenoxy) is 1. The number of likely N-dealkylation sites (N-methyl/N-ethyl adjacent to an activating group) is 1. The van der Waals surface area contributed by atoms with Gasteiger partial charge in [0.2, 0.25) is 5.95 Å². The molecule has 0 bridgehead atoms. The van der Waals surface area contributed by atoms with E-state index in [0.717, 1.165) is 12.5 Å². The van der Waals surface area contributed by atoms with Gasteiger partial charge in [0.05, 0.1) is 12.6 Å².